The molecule has 0 radical (unpaired) electrons. The molecular formula is C16H24N4O6S. The molecule has 2 amide bonds. The fourth-order valence-electron chi connectivity index (χ4n) is 3.43. The van der Waals surface area contributed by atoms with Crippen LogP contribution in [-0.2, 0) is 19.6 Å². The zero-order valence-corrected chi connectivity index (χ0v) is 16.7. The lowest BCUT2D eigenvalue weighted by molar-refractivity contribution is -0.129. The fraction of sp³-hybridized carbons (Fsp3) is 0.688. The molecule has 11 heteroatoms. The normalized spacial score (nSPS) is 25.1. The summed E-state index contributed by atoms with van der Waals surface area (Å²) in [6.45, 7) is 3.49. The van der Waals surface area contributed by atoms with Gasteiger partial charge in [0.05, 0.1) is 36.7 Å². The number of carbonyl (C=O) groups is 2. The van der Waals surface area contributed by atoms with E-state index in [1.54, 1.807) is 27.9 Å². The number of sulfonamides is 1. The highest BCUT2D eigenvalue weighted by Crippen LogP contribution is 2.27. The third kappa shape index (κ3) is 3.71. The van der Waals surface area contributed by atoms with Crippen LogP contribution >= 0.6 is 0 Å². The molecule has 2 atom stereocenters. The Hall–Kier alpha value is -1.98. The first-order chi connectivity index (χ1) is 12.6. The van der Waals surface area contributed by atoms with E-state index in [1.165, 1.54) is 14.1 Å². The predicted molar refractivity (Wildman–Crippen MR) is 94.6 cm³/mol. The Bertz CT molecular complexity index is 830. The van der Waals surface area contributed by atoms with Gasteiger partial charge in [-0.1, -0.05) is 5.16 Å². The highest BCUT2D eigenvalue weighted by molar-refractivity contribution is 7.89. The van der Waals surface area contributed by atoms with Gasteiger partial charge in [-0.3, -0.25) is 9.59 Å². The minimum atomic E-state index is -3.67. The molecule has 2 aliphatic rings. The molecule has 0 aromatic carbocycles. The number of aromatic nitrogens is 1. The van der Waals surface area contributed by atoms with Crippen molar-refractivity contribution in [2.75, 3.05) is 46.1 Å². The SMILES string of the molecule is Cc1noc(C)c1C(=O)N1C[C@@H]2OCCS(=O)(=O)N(CC(=O)N(C)C)[C@@H]2C1. The highest BCUT2D eigenvalue weighted by atomic mass is 32.2. The van der Waals surface area contributed by atoms with Gasteiger partial charge in [0.25, 0.3) is 5.91 Å². The molecular weight excluding hydrogens is 376 g/mol. The topological polar surface area (TPSA) is 113 Å². The number of hydrogen-bond acceptors (Lipinski definition) is 7. The summed E-state index contributed by atoms with van der Waals surface area (Å²) in [6.07, 6.45) is -0.485. The highest BCUT2D eigenvalue weighted by Gasteiger charge is 2.47. The van der Waals surface area contributed by atoms with Gasteiger partial charge < -0.3 is 19.1 Å². The van der Waals surface area contributed by atoms with E-state index in [0.717, 1.165) is 0 Å². The van der Waals surface area contributed by atoms with Crippen molar-refractivity contribution >= 4 is 21.8 Å². The first kappa shape index (κ1) is 19.8. The number of likely N-dealkylation sites (tertiary alicyclic amines) is 1. The van der Waals surface area contributed by atoms with Crippen molar-refractivity contribution in [1.29, 1.82) is 0 Å². The maximum Gasteiger partial charge on any atom is 0.259 e. The molecule has 1 aromatic heterocycles. The third-order valence-electron chi connectivity index (χ3n) is 4.96. The molecule has 3 rings (SSSR count). The van der Waals surface area contributed by atoms with Crippen molar-refractivity contribution in [2.24, 2.45) is 0 Å². The summed E-state index contributed by atoms with van der Waals surface area (Å²) in [5, 5.41) is 3.80. The van der Waals surface area contributed by atoms with Gasteiger partial charge in [0.15, 0.2) is 0 Å². The number of ether oxygens (including phenoxy) is 1. The Balaban J connectivity index is 1.87. The summed E-state index contributed by atoms with van der Waals surface area (Å²) in [5.41, 5.74) is 0.864. The number of carbonyl (C=O) groups excluding carboxylic acids is 2. The summed E-state index contributed by atoms with van der Waals surface area (Å²) >= 11 is 0. The molecule has 0 saturated carbocycles. The summed E-state index contributed by atoms with van der Waals surface area (Å²) in [6, 6.07) is -0.606. The van der Waals surface area contributed by atoms with Crippen LogP contribution in [0.25, 0.3) is 0 Å². The Kier molecular flexibility index (Phi) is 5.28. The summed E-state index contributed by atoms with van der Waals surface area (Å²) < 4.78 is 37.3. The number of likely N-dealkylation sites (N-methyl/N-ethyl adjacent to an activating group) is 1. The van der Waals surface area contributed by atoms with E-state index >= 15 is 0 Å². The smallest absolute Gasteiger partial charge is 0.259 e. The molecule has 150 valence electrons. The second-order valence-corrected chi connectivity index (χ2v) is 9.08. The monoisotopic (exact) mass is 400 g/mol. The van der Waals surface area contributed by atoms with E-state index in [9.17, 15) is 18.0 Å². The zero-order valence-electron chi connectivity index (χ0n) is 15.8. The van der Waals surface area contributed by atoms with Crippen molar-refractivity contribution in [3.05, 3.63) is 17.0 Å². The molecule has 27 heavy (non-hydrogen) atoms. The van der Waals surface area contributed by atoms with Gasteiger partial charge in [-0.25, -0.2) is 8.42 Å². The Morgan fingerprint density at radius 2 is 1.96 bits per heavy atom. The zero-order chi connectivity index (χ0) is 19.9. The van der Waals surface area contributed by atoms with Gasteiger partial charge in [-0.15, -0.1) is 0 Å². The Labute approximate surface area is 158 Å². The molecule has 0 N–H and O–H groups in total. The number of hydrogen-bond donors (Lipinski definition) is 0. The van der Waals surface area contributed by atoms with Crippen LogP contribution in [0.3, 0.4) is 0 Å². The lowest BCUT2D eigenvalue weighted by atomic mass is 10.2. The van der Waals surface area contributed by atoms with Crippen molar-refractivity contribution in [2.45, 2.75) is 26.0 Å². The molecule has 1 aromatic rings. The van der Waals surface area contributed by atoms with Gasteiger partial charge >= 0.3 is 0 Å². The van der Waals surface area contributed by atoms with Crippen LogP contribution in [0.4, 0.5) is 0 Å². The van der Waals surface area contributed by atoms with E-state index in [2.05, 4.69) is 5.16 Å². The first-order valence-electron chi connectivity index (χ1n) is 8.65. The standard InChI is InChI=1S/C16H24N4O6S/c1-10-15(11(2)26-17-10)16(22)19-7-12-13(8-19)25-5-6-27(23,24)20(12)9-14(21)18(3)4/h12-13H,5-9H2,1-4H3/t12-,13+/m1/s1. The molecule has 3 heterocycles. The molecule has 0 unspecified atom stereocenters. The van der Waals surface area contributed by atoms with Crippen LogP contribution in [0.1, 0.15) is 21.8 Å². The summed E-state index contributed by atoms with van der Waals surface area (Å²) in [7, 11) is -0.526. The van der Waals surface area contributed by atoms with Gasteiger partial charge in [0.2, 0.25) is 15.9 Å². The number of amides is 2. The van der Waals surface area contributed by atoms with Gasteiger partial charge in [0, 0.05) is 27.2 Å². The quantitative estimate of drug-likeness (QED) is 0.655. The third-order valence-corrected chi connectivity index (χ3v) is 6.76. The minimum Gasteiger partial charge on any atom is -0.374 e. The van der Waals surface area contributed by atoms with Crippen LogP contribution in [0, 0.1) is 13.8 Å². The average Bonchev–Trinajstić information content (AvgIpc) is 3.12. The van der Waals surface area contributed by atoms with Gasteiger partial charge in [-0.05, 0) is 13.8 Å². The first-order valence-corrected chi connectivity index (χ1v) is 10.3. The number of aryl methyl sites for hydroxylation is 2. The Morgan fingerprint density at radius 3 is 2.56 bits per heavy atom. The number of fused-ring (bicyclic) bond motifs is 1. The van der Waals surface area contributed by atoms with E-state index in [1.807, 2.05) is 0 Å². The number of rotatable bonds is 3. The van der Waals surface area contributed by atoms with Crippen LogP contribution in [-0.4, -0.2) is 97.7 Å². The number of nitrogens with zero attached hydrogens (tertiary/aromatic N) is 4. The molecule has 0 aliphatic carbocycles. The van der Waals surface area contributed by atoms with Crippen molar-refractivity contribution in [3.8, 4) is 0 Å². The van der Waals surface area contributed by atoms with Crippen molar-refractivity contribution in [1.82, 2.24) is 19.3 Å². The lowest BCUT2D eigenvalue weighted by Gasteiger charge is -2.28. The predicted octanol–water partition coefficient (Wildman–Crippen LogP) is -0.765. The van der Waals surface area contributed by atoms with Crippen LogP contribution in [0.5, 0.6) is 0 Å². The second kappa shape index (κ2) is 7.21. The van der Waals surface area contributed by atoms with Gasteiger partial charge in [-0.2, -0.15) is 4.31 Å². The molecule has 2 aliphatic heterocycles. The second-order valence-electron chi connectivity index (χ2n) is 7.04. The summed E-state index contributed by atoms with van der Waals surface area (Å²) in [5.74, 6) is -0.370. The van der Waals surface area contributed by atoms with E-state index in [4.69, 9.17) is 9.26 Å². The van der Waals surface area contributed by atoms with Crippen LogP contribution < -0.4 is 0 Å². The molecule has 0 spiro atoms. The van der Waals surface area contributed by atoms with Crippen LogP contribution in [0.15, 0.2) is 4.52 Å². The molecule has 10 nitrogen and oxygen atoms in total. The van der Waals surface area contributed by atoms with Crippen molar-refractivity contribution in [3.63, 3.8) is 0 Å². The average molecular weight is 400 g/mol. The van der Waals surface area contributed by atoms with E-state index < -0.39 is 22.2 Å². The van der Waals surface area contributed by atoms with Crippen molar-refractivity contribution < 1.29 is 27.3 Å². The fourth-order valence-corrected chi connectivity index (χ4v) is 4.89. The lowest BCUT2D eigenvalue weighted by Crippen LogP contribution is -2.50. The van der Waals surface area contributed by atoms with Crippen LogP contribution in [0.2, 0.25) is 0 Å². The van der Waals surface area contributed by atoms with E-state index in [-0.39, 0.29) is 43.8 Å². The Morgan fingerprint density at radius 1 is 1.26 bits per heavy atom. The molecule has 0 bridgehead atoms. The maximum atomic E-state index is 12.9. The van der Waals surface area contributed by atoms with E-state index in [0.29, 0.717) is 17.0 Å². The molecule has 2 fully saturated rings. The molecule has 2 saturated heterocycles. The minimum absolute atomic E-state index is 0.0313. The van der Waals surface area contributed by atoms with Gasteiger partial charge in [0.1, 0.15) is 11.3 Å². The summed E-state index contributed by atoms with van der Waals surface area (Å²) in [4.78, 5) is 28.0. The largest absolute Gasteiger partial charge is 0.374 e. The maximum absolute atomic E-state index is 12.9.